The monoisotopic (exact) mass is 324 g/mol. The van der Waals surface area contributed by atoms with E-state index in [2.05, 4.69) is 20.9 Å². The molecule has 0 amide bonds. The van der Waals surface area contributed by atoms with E-state index in [1.54, 1.807) is 18.3 Å². The van der Waals surface area contributed by atoms with Crippen LogP contribution in [0.3, 0.4) is 0 Å². The Morgan fingerprint density at radius 3 is 2.67 bits per heavy atom. The van der Waals surface area contributed by atoms with E-state index < -0.39 is 6.10 Å². The predicted molar refractivity (Wildman–Crippen MR) is 78.5 cm³/mol. The molecule has 3 nitrogen and oxygen atoms in total. The first kappa shape index (κ1) is 13.4. The van der Waals surface area contributed by atoms with Crippen LogP contribution in [-0.4, -0.2) is 15.8 Å². The maximum Gasteiger partial charge on any atom is 0.110 e. The van der Waals surface area contributed by atoms with Crippen molar-refractivity contribution in [2.75, 3.05) is 11.5 Å². The van der Waals surface area contributed by atoms with Gasteiger partial charge in [0.05, 0.1) is 6.10 Å². The Hall–Kier alpha value is -1.04. The van der Waals surface area contributed by atoms with Crippen LogP contribution < -0.4 is 5.73 Å². The molecular weight excluding hydrogens is 312 g/mol. The quantitative estimate of drug-likeness (QED) is 0.669. The second-order valence-corrected chi connectivity index (χ2v) is 5.65. The van der Waals surface area contributed by atoms with Gasteiger partial charge >= 0.3 is 0 Å². The SMILES string of the molecule is Nc1ccc(C(O)CSc2ncccc2Br)cc1. The fourth-order valence-electron chi connectivity index (χ4n) is 1.45. The second kappa shape index (κ2) is 6.22. The Kier molecular flexibility index (Phi) is 4.63. The van der Waals surface area contributed by atoms with Crippen molar-refractivity contribution in [3.8, 4) is 0 Å². The zero-order valence-corrected chi connectivity index (χ0v) is 12.0. The number of nitrogens with two attached hydrogens (primary N) is 1. The molecule has 0 saturated carbocycles. The summed E-state index contributed by atoms with van der Waals surface area (Å²) in [7, 11) is 0. The zero-order valence-electron chi connectivity index (χ0n) is 9.58. The van der Waals surface area contributed by atoms with Gasteiger partial charge in [-0.05, 0) is 45.8 Å². The molecule has 18 heavy (non-hydrogen) atoms. The van der Waals surface area contributed by atoms with Crippen LogP contribution in [0.2, 0.25) is 0 Å². The second-order valence-electron chi connectivity index (χ2n) is 3.78. The summed E-state index contributed by atoms with van der Waals surface area (Å²) in [6, 6.07) is 11.1. The average molecular weight is 325 g/mol. The van der Waals surface area contributed by atoms with Gasteiger partial charge in [-0.15, -0.1) is 11.8 Å². The van der Waals surface area contributed by atoms with E-state index in [1.807, 2.05) is 24.3 Å². The summed E-state index contributed by atoms with van der Waals surface area (Å²) in [4.78, 5) is 4.24. The van der Waals surface area contributed by atoms with Crippen molar-refractivity contribution in [1.82, 2.24) is 4.98 Å². The zero-order chi connectivity index (χ0) is 13.0. The summed E-state index contributed by atoms with van der Waals surface area (Å²) < 4.78 is 0.944. The van der Waals surface area contributed by atoms with Crippen molar-refractivity contribution in [3.63, 3.8) is 0 Å². The van der Waals surface area contributed by atoms with Gasteiger partial charge in [0.2, 0.25) is 0 Å². The van der Waals surface area contributed by atoms with Gasteiger partial charge in [-0.1, -0.05) is 12.1 Å². The standard InChI is InChI=1S/C13H13BrN2OS/c14-11-2-1-7-16-13(11)18-8-12(17)9-3-5-10(15)6-4-9/h1-7,12,17H,8,15H2. The Morgan fingerprint density at radius 2 is 2.00 bits per heavy atom. The van der Waals surface area contributed by atoms with E-state index in [-0.39, 0.29) is 0 Å². The molecule has 1 aromatic heterocycles. The molecule has 0 fully saturated rings. The number of aliphatic hydroxyl groups excluding tert-OH is 1. The third kappa shape index (κ3) is 3.48. The van der Waals surface area contributed by atoms with Crippen molar-refractivity contribution in [2.45, 2.75) is 11.1 Å². The van der Waals surface area contributed by atoms with Gasteiger partial charge in [-0.2, -0.15) is 0 Å². The van der Waals surface area contributed by atoms with Crippen LogP contribution in [0.15, 0.2) is 52.1 Å². The first-order valence-electron chi connectivity index (χ1n) is 5.43. The van der Waals surface area contributed by atoms with E-state index in [0.29, 0.717) is 11.4 Å². The number of halogens is 1. The minimum Gasteiger partial charge on any atom is -0.399 e. The van der Waals surface area contributed by atoms with Gasteiger partial charge in [0.1, 0.15) is 5.03 Å². The molecule has 0 aliphatic heterocycles. The van der Waals surface area contributed by atoms with Crippen molar-refractivity contribution >= 4 is 33.4 Å². The largest absolute Gasteiger partial charge is 0.399 e. The molecule has 1 heterocycles. The molecule has 2 aromatic rings. The summed E-state index contributed by atoms with van der Waals surface area (Å²) >= 11 is 4.95. The number of rotatable bonds is 4. The lowest BCUT2D eigenvalue weighted by Gasteiger charge is -2.11. The number of benzene rings is 1. The number of thioether (sulfide) groups is 1. The van der Waals surface area contributed by atoms with Crippen molar-refractivity contribution in [1.29, 1.82) is 0 Å². The smallest absolute Gasteiger partial charge is 0.110 e. The van der Waals surface area contributed by atoms with Crippen LogP contribution in [0.25, 0.3) is 0 Å². The third-order valence-corrected chi connectivity index (χ3v) is 4.41. The van der Waals surface area contributed by atoms with Crippen LogP contribution in [0, 0.1) is 0 Å². The number of hydrogen-bond donors (Lipinski definition) is 2. The van der Waals surface area contributed by atoms with Gasteiger partial charge in [0.15, 0.2) is 0 Å². The predicted octanol–water partition coefficient (Wildman–Crippen LogP) is 3.25. The Morgan fingerprint density at radius 1 is 1.28 bits per heavy atom. The lowest BCUT2D eigenvalue weighted by atomic mass is 10.1. The minimum absolute atomic E-state index is 0.524. The number of hydrogen-bond acceptors (Lipinski definition) is 4. The summed E-state index contributed by atoms with van der Waals surface area (Å²) in [6.07, 6.45) is 1.22. The van der Waals surface area contributed by atoms with E-state index >= 15 is 0 Å². The summed E-state index contributed by atoms with van der Waals surface area (Å²) in [5.41, 5.74) is 7.17. The van der Waals surface area contributed by atoms with Crippen LogP contribution in [-0.2, 0) is 0 Å². The highest BCUT2D eigenvalue weighted by molar-refractivity contribution is 9.10. The van der Waals surface area contributed by atoms with Gasteiger partial charge in [0, 0.05) is 22.1 Å². The molecule has 1 atom stereocenters. The molecule has 0 aliphatic rings. The summed E-state index contributed by atoms with van der Waals surface area (Å²) in [5, 5.41) is 10.9. The highest BCUT2D eigenvalue weighted by atomic mass is 79.9. The van der Waals surface area contributed by atoms with Crippen LogP contribution >= 0.6 is 27.7 Å². The van der Waals surface area contributed by atoms with Crippen LogP contribution in [0.4, 0.5) is 5.69 Å². The Labute approximate surface area is 119 Å². The van der Waals surface area contributed by atoms with Crippen molar-refractivity contribution in [3.05, 3.63) is 52.6 Å². The fourth-order valence-corrected chi connectivity index (χ4v) is 2.90. The lowest BCUT2D eigenvalue weighted by Crippen LogP contribution is -2.01. The molecule has 0 bridgehead atoms. The maximum absolute atomic E-state index is 10.1. The molecule has 0 radical (unpaired) electrons. The summed E-state index contributed by atoms with van der Waals surface area (Å²) in [5.74, 6) is 0.555. The summed E-state index contributed by atoms with van der Waals surface area (Å²) in [6.45, 7) is 0. The highest BCUT2D eigenvalue weighted by Gasteiger charge is 2.09. The third-order valence-electron chi connectivity index (χ3n) is 2.42. The van der Waals surface area contributed by atoms with E-state index in [4.69, 9.17) is 5.73 Å². The van der Waals surface area contributed by atoms with E-state index in [0.717, 1.165) is 15.1 Å². The number of aliphatic hydroxyl groups is 1. The number of pyridine rings is 1. The van der Waals surface area contributed by atoms with Gasteiger partial charge in [0.25, 0.3) is 0 Å². The van der Waals surface area contributed by atoms with Crippen molar-refractivity contribution in [2.24, 2.45) is 0 Å². The molecule has 94 valence electrons. The first-order valence-corrected chi connectivity index (χ1v) is 7.21. The topological polar surface area (TPSA) is 59.1 Å². The number of nitrogens with zero attached hydrogens (tertiary/aromatic N) is 1. The molecule has 2 rings (SSSR count). The van der Waals surface area contributed by atoms with Gasteiger partial charge in [-0.3, -0.25) is 0 Å². The normalized spacial score (nSPS) is 12.3. The van der Waals surface area contributed by atoms with Crippen molar-refractivity contribution < 1.29 is 5.11 Å². The molecule has 5 heteroatoms. The van der Waals surface area contributed by atoms with Crippen LogP contribution in [0.1, 0.15) is 11.7 Å². The maximum atomic E-state index is 10.1. The number of nitrogen functional groups attached to an aromatic ring is 1. The Bertz CT molecular complexity index is 519. The van der Waals surface area contributed by atoms with E-state index in [9.17, 15) is 5.11 Å². The van der Waals surface area contributed by atoms with Gasteiger partial charge in [-0.25, -0.2) is 4.98 Å². The molecule has 0 spiro atoms. The molecule has 0 aliphatic carbocycles. The van der Waals surface area contributed by atoms with Crippen LogP contribution in [0.5, 0.6) is 0 Å². The molecular formula is C13H13BrN2OS. The highest BCUT2D eigenvalue weighted by Crippen LogP contribution is 2.28. The average Bonchev–Trinajstić information content (AvgIpc) is 2.38. The molecule has 1 unspecified atom stereocenters. The number of anilines is 1. The Balaban J connectivity index is 1.98. The molecule has 1 aromatic carbocycles. The van der Waals surface area contributed by atoms with E-state index in [1.165, 1.54) is 11.8 Å². The minimum atomic E-state index is -0.524. The fraction of sp³-hybridized carbons (Fsp3) is 0.154. The first-order chi connectivity index (χ1) is 8.66. The van der Waals surface area contributed by atoms with Gasteiger partial charge < -0.3 is 10.8 Å². The lowest BCUT2D eigenvalue weighted by molar-refractivity contribution is 0.204. The molecule has 3 N–H and O–H groups in total. The molecule has 0 saturated heterocycles. The number of aromatic nitrogens is 1.